The van der Waals surface area contributed by atoms with Gasteiger partial charge in [0.1, 0.15) is 11.3 Å². The Morgan fingerprint density at radius 3 is 2.71 bits per heavy atom. The first-order valence-electron chi connectivity index (χ1n) is 8.08. The number of hydrogen-bond acceptors (Lipinski definition) is 5. The Kier molecular flexibility index (Phi) is 4.26. The molecule has 24 heavy (non-hydrogen) atoms. The summed E-state index contributed by atoms with van der Waals surface area (Å²) in [5.74, 6) is 1.47. The van der Waals surface area contributed by atoms with E-state index in [1.165, 1.54) is 11.8 Å². The summed E-state index contributed by atoms with van der Waals surface area (Å²) >= 11 is 1.25. The molecule has 0 N–H and O–H groups in total. The highest BCUT2D eigenvalue weighted by Crippen LogP contribution is 2.42. The van der Waals surface area contributed by atoms with Crippen molar-refractivity contribution in [3.05, 3.63) is 60.5 Å². The molecule has 1 heterocycles. The summed E-state index contributed by atoms with van der Waals surface area (Å²) in [6.07, 6.45) is 3.03. The zero-order chi connectivity index (χ0) is 16.4. The van der Waals surface area contributed by atoms with Gasteiger partial charge in [-0.15, -0.1) is 0 Å². The standard InChI is InChI=1S/C19H17NO3S/c21-19(22-13-7-2-1-3-8-13)24-17-12-6-9-14(17)18-20-15-10-4-5-11-16(15)23-18/h1-5,7-8,10-11,14,17H,6,9,12H2. The van der Waals surface area contributed by atoms with Gasteiger partial charge in [-0.25, -0.2) is 9.78 Å². The van der Waals surface area contributed by atoms with E-state index in [1.807, 2.05) is 42.5 Å². The summed E-state index contributed by atoms with van der Waals surface area (Å²) in [4.78, 5) is 16.8. The van der Waals surface area contributed by atoms with Crippen LogP contribution in [0.25, 0.3) is 11.1 Å². The molecule has 1 fully saturated rings. The first kappa shape index (κ1) is 15.3. The van der Waals surface area contributed by atoms with Crippen molar-refractivity contribution >= 4 is 28.2 Å². The van der Waals surface area contributed by atoms with E-state index in [0.29, 0.717) is 5.75 Å². The zero-order valence-electron chi connectivity index (χ0n) is 13.1. The maximum Gasteiger partial charge on any atom is 0.373 e. The Labute approximate surface area is 144 Å². The number of benzene rings is 2. The summed E-state index contributed by atoms with van der Waals surface area (Å²) in [7, 11) is 0. The van der Waals surface area contributed by atoms with Crippen LogP contribution < -0.4 is 4.74 Å². The lowest BCUT2D eigenvalue weighted by Gasteiger charge is -2.14. The number of hydrogen-bond donors (Lipinski definition) is 0. The van der Waals surface area contributed by atoms with Crippen molar-refractivity contribution in [2.24, 2.45) is 0 Å². The summed E-state index contributed by atoms with van der Waals surface area (Å²) in [6.45, 7) is 0. The van der Waals surface area contributed by atoms with Gasteiger partial charge in [-0.1, -0.05) is 36.8 Å². The number of fused-ring (bicyclic) bond motifs is 1. The van der Waals surface area contributed by atoms with E-state index in [2.05, 4.69) is 4.98 Å². The Morgan fingerprint density at radius 1 is 1.08 bits per heavy atom. The minimum atomic E-state index is -0.269. The Bertz CT molecular complexity index is 813. The number of oxazole rings is 1. The lowest BCUT2D eigenvalue weighted by atomic mass is 10.1. The summed E-state index contributed by atoms with van der Waals surface area (Å²) in [5.41, 5.74) is 1.67. The predicted octanol–water partition coefficient (Wildman–Crippen LogP) is 5.40. The first-order chi connectivity index (χ1) is 11.8. The van der Waals surface area contributed by atoms with E-state index in [1.54, 1.807) is 12.1 Å². The average Bonchev–Trinajstić information content (AvgIpc) is 3.21. The molecule has 122 valence electrons. The van der Waals surface area contributed by atoms with Gasteiger partial charge >= 0.3 is 5.30 Å². The van der Waals surface area contributed by atoms with Crippen molar-refractivity contribution in [2.75, 3.05) is 0 Å². The molecule has 2 atom stereocenters. The smallest absolute Gasteiger partial charge is 0.373 e. The third-order valence-corrected chi connectivity index (χ3v) is 5.41. The highest BCUT2D eigenvalue weighted by molar-refractivity contribution is 8.13. The second-order valence-corrected chi connectivity index (χ2v) is 7.05. The van der Waals surface area contributed by atoms with Crippen LogP contribution in [-0.2, 0) is 0 Å². The Balaban J connectivity index is 1.47. The van der Waals surface area contributed by atoms with E-state index in [0.717, 1.165) is 36.3 Å². The minimum absolute atomic E-state index is 0.147. The maximum atomic E-state index is 12.2. The van der Waals surface area contributed by atoms with Crippen LogP contribution in [0.5, 0.6) is 5.75 Å². The van der Waals surface area contributed by atoms with Crippen LogP contribution in [0, 0.1) is 0 Å². The lowest BCUT2D eigenvalue weighted by Crippen LogP contribution is -2.13. The number of aromatic nitrogens is 1. The van der Waals surface area contributed by atoms with E-state index in [9.17, 15) is 4.79 Å². The molecule has 0 radical (unpaired) electrons. The molecule has 1 aliphatic rings. The molecule has 4 rings (SSSR count). The quantitative estimate of drug-likeness (QED) is 0.598. The van der Waals surface area contributed by atoms with Gasteiger partial charge < -0.3 is 9.15 Å². The largest absolute Gasteiger partial charge is 0.440 e. The monoisotopic (exact) mass is 339 g/mol. The van der Waals surface area contributed by atoms with Gasteiger partial charge in [0.15, 0.2) is 11.5 Å². The molecular weight excluding hydrogens is 322 g/mol. The Hall–Kier alpha value is -2.27. The van der Waals surface area contributed by atoms with Crippen molar-refractivity contribution in [1.82, 2.24) is 4.98 Å². The second kappa shape index (κ2) is 6.69. The third-order valence-electron chi connectivity index (χ3n) is 4.27. The van der Waals surface area contributed by atoms with Crippen molar-refractivity contribution in [3.8, 4) is 5.75 Å². The minimum Gasteiger partial charge on any atom is -0.440 e. The van der Waals surface area contributed by atoms with Gasteiger partial charge in [-0.2, -0.15) is 0 Å². The zero-order valence-corrected chi connectivity index (χ0v) is 13.9. The highest BCUT2D eigenvalue weighted by Gasteiger charge is 2.35. The normalized spacial score (nSPS) is 20.3. The number of carbonyl (C=O) groups is 1. The SMILES string of the molecule is O=C(Oc1ccccc1)SC1CCCC1c1nc2ccccc2o1. The van der Waals surface area contributed by atoms with Gasteiger partial charge in [0.05, 0.1) is 0 Å². The molecule has 1 aromatic heterocycles. The average molecular weight is 339 g/mol. The fraction of sp³-hybridized carbons (Fsp3) is 0.263. The summed E-state index contributed by atoms with van der Waals surface area (Å²) in [5, 5.41) is -0.122. The Morgan fingerprint density at radius 2 is 1.88 bits per heavy atom. The van der Waals surface area contributed by atoms with Crippen LogP contribution in [0.15, 0.2) is 59.0 Å². The van der Waals surface area contributed by atoms with Crippen LogP contribution in [0.1, 0.15) is 31.1 Å². The van der Waals surface area contributed by atoms with Crippen molar-refractivity contribution in [3.63, 3.8) is 0 Å². The molecule has 2 aromatic carbocycles. The topological polar surface area (TPSA) is 52.3 Å². The van der Waals surface area contributed by atoms with Gasteiger partial charge in [0.2, 0.25) is 0 Å². The predicted molar refractivity (Wildman–Crippen MR) is 94.4 cm³/mol. The molecule has 0 spiro atoms. The molecule has 0 aliphatic heterocycles. The van der Waals surface area contributed by atoms with Gasteiger partial charge in [0.25, 0.3) is 0 Å². The van der Waals surface area contributed by atoms with Crippen molar-refractivity contribution in [2.45, 2.75) is 30.4 Å². The number of thioether (sulfide) groups is 1. The van der Waals surface area contributed by atoms with Crippen LogP contribution in [0.4, 0.5) is 4.79 Å². The number of nitrogens with zero attached hydrogens (tertiary/aromatic N) is 1. The highest BCUT2D eigenvalue weighted by atomic mass is 32.2. The summed E-state index contributed by atoms with van der Waals surface area (Å²) in [6, 6.07) is 16.9. The van der Waals surface area contributed by atoms with Gasteiger partial charge in [-0.3, -0.25) is 0 Å². The third kappa shape index (κ3) is 3.17. The van der Waals surface area contributed by atoms with Crippen molar-refractivity contribution < 1.29 is 13.9 Å². The number of carbonyl (C=O) groups excluding carboxylic acids is 1. The fourth-order valence-corrected chi connectivity index (χ4v) is 4.22. The molecule has 1 saturated carbocycles. The number of rotatable bonds is 3. The van der Waals surface area contributed by atoms with Crippen LogP contribution >= 0.6 is 11.8 Å². The van der Waals surface area contributed by atoms with Crippen LogP contribution in [0.3, 0.4) is 0 Å². The molecule has 0 amide bonds. The lowest BCUT2D eigenvalue weighted by molar-refractivity contribution is 0.227. The van der Waals surface area contributed by atoms with E-state index < -0.39 is 0 Å². The fourth-order valence-electron chi connectivity index (χ4n) is 3.13. The number of ether oxygens (including phenoxy) is 1. The molecule has 0 bridgehead atoms. The first-order valence-corrected chi connectivity index (χ1v) is 8.96. The second-order valence-electron chi connectivity index (χ2n) is 5.88. The molecular formula is C19H17NO3S. The molecule has 2 unspecified atom stereocenters. The van der Waals surface area contributed by atoms with Gasteiger partial charge in [0, 0.05) is 11.2 Å². The van der Waals surface area contributed by atoms with Gasteiger partial charge in [-0.05, 0) is 48.9 Å². The molecule has 5 heteroatoms. The van der Waals surface area contributed by atoms with E-state index in [-0.39, 0.29) is 16.5 Å². The molecule has 3 aromatic rings. The van der Waals surface area contributed by atoms with E-state index in [4.69, 9.17) is 9.15 Å². The molecule has 1 aliphatic carbocycles. The summed E-state index contributed by atoms with van der Waals surface area (Å²) < 4.78 is 11.3. The molecule has 4 nitrogen and oxygen atoms in total. The van der Waals surface area contributed by atoms with Crippen molar-refractivity contribution in [1.29, 1.82) is 0 Å². The maximum absolute atomic E-state index is 12.2. The molecule has 0 saturated heterocycles. The van der Waals surface area contributed by atoms with Crippen LogP contribution in [0.2, 0.25) is 0 Å². The van der Waals surface area contributed by atoms with Crippen LogP contribution in [-0.4, -0.2) is 15.5 Å². The number of para-hydroxylation sites is 3. The van der Waals surface area contributed by atoms with E-state index >= 15 is 0 Å².